The van der Waals surface area contributed by atoms with Crippen LogP contribution in [-0.2, 0) is 16.3 Å². The predicted molar refractivity (Wildman–Crippen MR) is 81.9 cm³/mol. The lowest BCUT2D eigenvalue weighted by atomic mass is 10.1. The van der Waals surface area contributed by atoms with Crippen LogP contribution in [0.3, 0.4) is 0 Å². The van der Waals surface area contributed by atoms with Gasteiger partial charge in [-0.15, -0.1) is 15.3 Å². The number of rotatable bonds is 3. The molecule has 0 unspecified atom stereocenters. The number of alkyl halides is 3. The fraction of sp³-hybridized carbons (Fsp3) is 0.143. The van der Waals surface area contributed by atoms with E-state index in [9.17, 15) is 26.0 Å². The van der Waals surface area contributed by atoms with Crippen molar-refractivity contribution >= 4 is 10.1 Å². The molecule has 0 aliphatic carbocycles. The van der Waals surface area contributed by atoms with Crippen LogP contribution < -0.4 is 0 Å². The molecule has 0 radical (unpaired) electrons. The van der Waals surface area contributed by atoms with Crippen molar-refractivity contribution in [3.8, 4) is 17.2 Å². The summed E-state index contributed by atoms with van der Waals surface area (Å²) in [5, 5.41) is 9.27. The molecule has 1 aromatic carbocycles. The molecule has 0 bridgehead atoms. The van der Waals surface area contributed by atoms with Crippen LogP contribution in [-0.4, -0.2) is 37.9 Å². The average molecular weight is 403 g/mol. The van der Waals surface area contributed by atoms with Crippen LogP contribution in [0.2, 0.25) is 0 Å². The van der Waals surface area contributed by atoms with Gasteiger partial charge in [-0.1, -0.05) is 0 Å². The fourth-order valence-corrected chi connectivity index (χ4v) is 2.51. The first-order chi connectivity index (χ1) is 12.5. The Bertz CT molecular complexity index is 1110. The van der Waals surface area contributed by atoms with Crippen molar-refractivity contribution in [1.82, 2.24) is 25.0 Å². The lowest BCUT2D eigenvalue weighted by Gasteiger charge is -2.06. The Morgan fingerprint density at radius 3 is 2.33 bits per heavy atom. The maximum absolute atomic E-state index is 13.5. The normalized spacial score (nSPS) is 12.4. The Balaban J connectivity index is 2.19. The number of benzene rings is 1. The predicted octanol–water partition coefficient (Wildman–Crippen LogP) is 2.44. The van der Waals surface area contributed by atoms with E-state index in [0.717, 1.165) is 18.2 Å². The van der Waals surface area contributed by atoms with E-state index in [2.05, 4.69) is 20.3 Å². The number of aromatic nitrogens is 5. The van der Waals surface area contributed by atoms with Gasteiger partial charge in [0.2, 0.25) is 5.03 Å². The molecule has 0 atom stereocenters. The van der Waals surface area contributed by atoms with Gasteiger partial charge in [-0.2, -0.15) is 26.3 Å². The zero-order valence-corrected chi connectivity index (χ0v) is 14.1. The van der Waals surface area contributed by atoms with Crippen molar-refractivity contribution in [1.29, 1.82) is 0 Å². The summed E-state index contributed by atoms with van der Waals surface area (Å²) in [5.41, 5.74) is 0.293. The zero-order valence-electron chi connectivity index (χ0n) is 13.3. The van der Waals surface area contributed by atoms with Crippen LogP contribution in [0, 0.1) is 12.7 Å². The van der Waals surface area contributed by atoms with Crippen molar-refractivity contribution in [2.45, 2.75) is 18.1 Å². The Morgan fingerprint density at radius 2 is 1.81 bits per heavy atom. The summed E-state index contributed by atoms with van der Waals surface area (Å²) in [5.74, 6) is -2.62. The molecule has 142 valence electrons. The largest absolute Gasteiger partial charge is 0.453 e. The van der Waals surface area contributed by atoms with Crippen LogP contribution in [0.5, 0.6) is 0 Å². The summed E-state index contributed by atoms with van der Waals surface area (Å²) in [6, 6.07) is 5.38. The summed E-state index contributed by atoms with van der Waals surface area (Å²) >= 11 is 0. The van der Waals surface area contributed by atoms with E-state index in [1.54, 1.807) is 0 Å². The van der Waals surface area contributed by atoms with Gasteiger partial charge in [0.05, 0.1) is 0 Å². The third-order valence-corrected chi connectivity index (χ3v) is 4.13. The van der Waals surface area contributed by atoms with Crippen LogP contribution in [0.15, 0.2) is 35.4 Å². The third kappa shape index (κ3) is 3.78. The molecule has 27 heavy (non-hydrogen) atoms. The third-order valence-electron chi connectivity index (χ3n) is 3.38. The first kappa shape index (κ1) is 18.8. The minimum atomic E-state index is -4.86. The molecule has 2 aromatic heterocycles. The van der Waals surface area contributed by atoms with Crippen molar-refractivity contribution in [3.05, 3.63) is 47.5 Å². The second-order valence-electron chi connectivity index (χ2n) is 5.34. The van der Waals surface area contributed by atoms with E-state index in [-0.39, 0.29) is 22.8 Å². The highest BCUT2D eigenvalue weighted by atomic mass is 32.2. The van der Waals surface area contributed by atoms with Crippen molar-refractivity contribution < 1.29 is 30.5 Å². The van der Waals surface area contributed by atoms with E-state index >= 15 is 0 Å². The number of nitrogens with zero attached hydrogens (tertiary/aromatic N) is 5. The van der Waals surface area contributed by atoms with Gasteiger partial charge in [0.15, 0.2) is 11.6 Å². The molecule has 3 rings (SSSR count). The van der Waals surface area contributed by atoms with Gasteiger partial charge in [-0.3, -0.25) is 4.55 Å². The van der Waals surface area contributed by atoms with Gasteiger partial charge in [0.25, 0.3) is 5.82 Å². The number of halogens is 4. The lowest BCUT2D eigenvalue weighted by Crippen LogP contribution is -2.10. The van der Waals surface area contributed by atoms with Crippen molar-refractivity contribution in [2.24, 2.45) is 0 Å². The quantitative estimate of drug-likeness (QED) is 0.528. The summed E-state index contributed by atoms with van der Waals surface area (Å²) < 4.78 is 84.2. The van der Waals surface area contributed by atoms with Gasteiger partial charge >= 0.3 is 16.3 Å². The number of hydrogen-bond donors (Lipinski definition) is 1. The summed E-state index contributed by atoms with van der Waals surface area (Å²) in [6.07, 6.45) is -4.86. The summed E-state index contributed by atoms with van der Waals surface area (Å²) in [6.45, 7) is 1.42. The monoisotopic (exact) mass is 403 g/mol. The SMILES string of the molecule is Cc1cc(-c2nc(C(F)(F)F)nn2-c2ccc(S(=O)(=O)O)nn2)ccc1F. The molecule has 3 aromatic rings. The van der Waals surface area contributed by atoms with Crippen LogP contribution in [0.1, 0.15) is 11.4 Å². The molecule has 0 saturated carbocycles. The molecular weight excluding hydrogens is 394 g/mol. The van der Waals surface area contributed by atoms with E-state index in [0.29, 0.717) is 4.68 Å². The molecule has 8 nitrogen and oxygen atoms in total. The minimum absolute atomic E-state index is 0.123. The second-order valence-corrected chi connectivity index (χ2v) is 6.71. The smallest absolute Gasteiger partial charge is 0.281 e. The molecule has 13 heteroatoms. The number of hydrogen-bond acceptors (Lipinski definition) is 6. The topological polar surface area (TPSA) is 111 Å². The van der Waals surface area contributed by atoms with Crippen LogP contribution in [0.4, 0.5) is 17.6 Å². The standard InChI is InChI=1S/C14H9F4N5O3S/c1-7-6-8(2-3-9(7)15)12-19-13(14(16,17)18)22-23(12)10-4-5-11(21-20-10)27(24,25)26/h2-6H,1H3,(H,24,25,26). The Kier molecular flexibility index (Phi) is 4.43. The van der Waals surface area contributed by atoms with Crippen molar-refractivity contribution in [3.63, 3.8) is 0 Å². The van der Waals surface area contributed by atoms with Crippen molar-refractivity contribution in [2.75, 3.05) is 0 Å². The first-order valence-electron chi connectivity index (χ1n) is 7.09. The summed E-state index contributed by atoms with van der Waals surface area (Å²) in [7, 11) is -4.63. The van der Waals surface area contributed by atoms with E-state index < -0.39 is 33.0 Å². The maximum Gasteiger partial charge on any atom is 0.453 e. The zero-order chi connectivity index (χ0) is 20.0. The maximum atomic E-state index is 13.5. The highest BCUT2D eigenvalue weighted by Crippen LogP contribution is 2.30. The van der Waals surface area contributed by atoms with Gasteiger partial charge in [-0.25, -0.2) is 9.37 Å². The van der Waals surface area contributed by atoms with Gasteiger partial charge < -0.3 is 0 Å². The average Bonchev–Trinajstić information content (AvgIpc) is 3.02. The highest BCUT2D eigenvalue weighted by molar-refractivity contribution is 7.85. The molecule has 0 aliphatic heterocycles. The van der Waals surface area contributed by atoms with E-state index in [1.165, 1.54) is 19.1 Å². The molecule has 2 heterocycles. The van der Waals surface area contributed by atoms with Gasteiger partial charge in [0, 0.05) is 5.56 Å². The second kappa shape index (κ2) is 6.35. The van der Waals surface area contributed by atoms with Gasteiger partial charge in [0.1, 0.15) is 5.82 Å². The molecule has 1 N–H and O–H groups in total. The Morgan fingerprint density at radius 1 is 1.11 bits per heavy atom. The summed E-state index contributed by atoms with van der Waals surface area (Å²) in [4.78, 5) is 3.44. The highest BCUT2D eigenvalue weighted by Gasteiger charge is 2.37. The number of aryl methyl sites for hydroxylation is 1. The molecule has 0 saturated heterocycles. The fourth-order valence-electron chi connectivity index (χ4n) is 2.13. The molecule has 0 amide bonds. The minimum Gasteiger partial charge on any atom is -0.281 e. The lowest BCUT2D eigenvalue weighted by molar-refractivity contribution is -0.144. The van der Waals surface area contributed by atoms with E-state index in [4.69, 9.17) is 4.55 Å². The molecule has 0 spiro atoms. The molecule has 0 fully saturated rings. The Labute approximate surface area is 149 Å². The molecule has 0 aliphatic rings. The Hall–Kier alpha value is -2.93. The van der Waals surface area contributed by atoms with Gasteiger partial charge in [-0.05, 0) is 42.8 Å². The van der Waals surface area contributed by atoms with E-state index in [1.807, 2.05) is 0 Å². The molecular formula is C14H9F4N5O3S. The van der Waals surface area contributed by atoms with Crippen LogP contribution >= 0.6 is 0 Å². The van der Waals surface area contributed by atoms with Crippen LogP contribution in [0.25, 0.3) is 17.2 Å². The first-order valence-corrected chi connectivity index (χ1v) is 8.53.